The highest BCUT2D eigenvalue weighted by Gasteiger charge is 2.26. The maximum atomic E-state index is 13.5. The molecule has 20 heavy (non-hydrogen) atoms. The van der Waals surface area contributed by atoms with Crippen molar-refractivity contribution < 1.29 is 4.39 Å². The van der Waals surface area contributed by atoms with Crippen LogP contribution in [-0.2, 0) is 6.42 Å². The van der Waals surface area contributed by atoms with Crippen molar-refractivity contribution >= 4 is 0 Å². The summed E-state index contributed by atoms with van der Waals surface area (Å²) in [6.45, 7) is 2.04. The monoisotopic (exact) mass is 273 g/mol. The van der Waals surface area contributed by atoms with E-state index in [1.165, 1.54) is 18.9 Å². The molecule has 1 aromatic carbocycles. The lowest BCUT2D eigenvalue weighted by Crippen LogP contribution is -2.22. The fourth-order valence-corrected chi connectivity index (χ4v) is 2.44. The van der Waals surface area contributed by atoms with Crippen LogP contribution in [0, 0.1) is 5.82 Å². The van der Waals surface area contributed by atoms with Crippen LogP contribution in [0.4, 0.5) is 4.39 Å². The molecular weight excluding hydrogens is 253 g/mol. The molecule has 1 fully saturated rings. The van der Waals surface area contributed by atoms with Crippen molar-refractivity contribution in [2.45, 2.75) is 44.6 Å². The van der Waals surface area contributed by atoms with E-state index in [1.54, 1.807) is 12.1 Å². The van der Waals surface area contributed by atoms with Gasteiger partial charge in [0.05, 0.1) is 11.4 Å². The maximum Gasteiger partial charge on any atom is 0.123 e. The van der Waals surface area contributed by atoms with E-state index < -0.39 is 0 Å². The third-order valence-electron chi connectivity index (χ3n) is 3.90. The molecule has 0 saturated heterocycles. The van der Waals surface area contributed by atoms with Gasteiger partial charge in [-0.1, -0.05) is 6.92 Å². The van der Waals surface area contributed by atoms with Gasteiger partial charge in [0.15, 0.2) is 0 Å². The lowest BCUT2D eigenvalue weighted by Gasteiger charge is -2.13. The van der Waals surface area contributed by atoms with Crippen LogP contribution in [0.15, 0.2) is 30.5 Å². The summed E-state index contributed by atoms with van der Waals surface area (Å²) in [4.78, 5) is 0. The Hall–Kier alpha value is -1.68. The Morgan fingerprint density at radius 3 is 2.90 bits per heavy atom. The van der Waals surface area contributed by atoms with Crippen LogP contribution >= 0.6 is 0 Å². The molecule has 3 nitrogen and oxygen atoms in total. The number of aromatic nitrogens is 2. The van der Waals surface area contributed by atoms with Crippen LogP contribution in [0.2, 0.25) is 0 Å². The number of nitrogens with zero attached hydrogens (tertiary/aromatic N) is 2. The molecule has 2 N–H and O–H groups in total. The predicted octanol–water partition coefficient (Wildman–Crippen LogP) is 3.17. The Bertz CT molecular complexity index is 602. The molecule has 1 aliphatic rings. The first-order valence-corrected chi connectivity index (χ1v) is 7.27. The van der Waals surface area contributed by atoms with Gasteiger partial charge in [-0.2, -0.15) is 5.10 Å². The number of hydrogen-bond acceptors (Lipinski definition) is 2. The number of hydrogen-bond donors (Lipinski definition) is 1. The van der Waals surface area contributed by atoms with Gasteiger partial charge in [0.25, 0.3) is 0 Å². The molecule has 106 valence electrons. The Morgan fingerprint density at radius 2 is 2.20 bits per heavy atom. The van der Waals surface area contributed by atoms with E-state index in [2.05, 4.69) is 11.2 Å². The minimum absolute atomic E-state index is 0.0500. The molecule has 1 aliphatic carbocycles. The first-order valence-electron chi connectivity index (χ1n) is 7.27. The number of halogens is 1. The second-order valence-electron chi connectivity index (χ2n) is 5.60. The Morgan fingerprint density at radius 1 is 1.40 bits per heavy atom. The van der Waals surface area contributed by atoms with Crippen LogP contribution in [0.3, 0.4) is 0 Å². The third-order valence-corrected chi connectivity index (χ3v) is 3.90. The van der Waals surface area contributed by atoms with E-state index in [4.69, 9.17) is 5.73 Å². The minimum Gasteiger partial charge on any atom is -0.327 e. The van der Waals surface area contributed by atoms with Crippen molar-refractivity contribution in [3.05, 3.63) is 47.5 Å². The summed E-state index contributed by atoms with van der Waals surface area (Å²) in [5, 5.41) is 4.62. The summed E-state index contributed by atoms with van der Waals surface area (Å²) in [6.07, 6.45) is 5.97. The number of nitrogens with two attached hydrogens (primary N) is 1. The lowest BCUT2D eigenvalue weighted by molar-refractivity contribution is 0.611. The van der Waals surface area contributed by atoms with Crippen LogP contribution in [0.25, 0.3) is 5.69 Å². The molecule has 3 rings (SSSR count). The Kier molecular flexibility index (Phi) is 3.57. The fraction of sp³-hybridized carbons (Fsp3) is 0.438. The molecule has 0 aliphatic heterocycles. The molecule has 0 bridgehead atoms. The third kappa shape index (κ3) is 2.75. The number of rotatable bonds is 5. The standard InChI is InChI=1S/C16H20FN3/c1-2-14(18)10-12-9-13(17)5-6-16(12)20-8-7-15(19-20)11-3-4-11/h5-9,11,14H,2-4,10,18H2,1H3. The van der Waals surface area contributed by atoms with E-state index in [-0.39, 0.29) is 11.9 Å². The lowest BCUT2D eigenvalue weighted by atomic mass is 10.0. The van der Waals surface area contributed by atoms with E-state index in [9.17, 15) is 4.39 Å². The van der Waals surface area contributed by atoms with Gasteiger partial charge >= 0.3 is 0 Å². The number of benzene rings is 1. The first-order chi connectivity index (χ1) is 9.67. The molecule has 1 saturated carbocycles. The highest BCUT2D eigenvalue weighted by atomic mass is 19.1. The average Bonchev–Trinajstić information content (AvgIpc) is 3.17. The molecule has 1 atom stereocenters. The van der Waals surface area contributed by atoms with Gasteiger partial charge in [0.2, 0.25) is 0 Å². The maximum absolute atomic E-state index is 13.5. The molecule has 0 amide bonds. The Balaban J connectivity index is 1.93. The quantitative estimate of drug-likeness (QED) is 0.909. The first kappa shape index (κ1) is 13.3. The van der Waals surface area contributed by atoms with Gasteiger partial charge in [-0.3, -0.25) is 0 Å². The summed E-state index contributed by atoms with van der Waals surface area (Å²) < 4.78 is 15.3. The highest BCUT2D eigenvalue weighted by Crippen LogP contribution is 2.39. The fourth-order valence-electron chi connectivity index (χ4n) is 2.44. The molecule has 0 spiro atoms. The van der Waals surface area contributed by atoms with Gasteiger partial charge in [-0.05, 0) is 55.5 Å². The van der Waals surface area contributed by atoms with Gasteiger partial charge in [-0.25, -0.2) is 9.07 Å². The van der Waals surface area contributed by atoms with E-state index in [1.807, 2.05) is 17.8 Å². The normalized spacial score (nSPS) is 16.4. The largest absolute Gasteiger partial charge is 0.327 e. The van der Waals surface area contributed by atoms with Crippen molar-refractivity contribution in [3.63, 3.8) is 0 Å². The molecule has 2 aromatic rings. The van der Waals surface area contributed by atoms with Gasteiger partial charge in [0.1, 0.15) is 5.82 Å². The SMILES string of the molecule is CCC(N)Cc1cc(F)ccc1-n1ccc(C2CC2)n1. The summed E-state index contributed by atoms with van der Waals surface area (Å²) in [5.74, 6) is 0.402. The van der Waals surface area contributed by atoms with Crippen molar-refractivity contribution in [3.8, 4) is 5.69 Å². The molecule has 1 aromatic heterocycles. The second kappa shape index (κ2) is 5.37. The molecule has 1 heterocycles. The van der Waals surface area contributed by atoms with Gasteiger partial charge < -0.3 is 5.73 Å². The topological polar surface area (TPSA) is 43.8 Å². The molecule has 4 heteroatoms. The molecule has 1 unspecified atom stereocenters. The van der Waals surface area contributed by atoms with Crippen molar-refractivity contribution in [2.75, 3.05) is 0 Å². The summed E-state index contributed by atoms with van der Waals surface area (Å²) in [5.41, 5.74) is 9.01. The summed E-state index contributed by atoms with van der Waals surface area (Å²) >= 11 is 0. The second-order valence-corrected chi connectivity index (χ2v) is 5.60. The minimum atomic E-state index is -0.221. The molecule has 0 radical (unpaired) electrons. The van der Waals surface area contributed by atoms with E-state index >= 15 is 0 Å². The summed E-state index contributed by atoms with van der Waals surface area (Å²) in [7, 11) is 0. The van der Waals surface area contributed by atoms with Crippen LogP contribution < -0.4 is 5.73 Å². The zero-order chi connectivity index (χ0) is 14.1. The van der Waals surface area contributed by atoms with E-state index in [0.29, 0.717) is 12.3 Å². The van der Waals surface area contributed by atoms with Crippen molar-refractivity contribution in [1.82, 2.24) is 9.78 Å². The van der Waals surface area contributed by atoms with Crippen LogP contribution in [-0.4, -0.2) is 15.8 Å². The van der Waals surface area contributed by atoms with Gasteiger partial charge in [0, 0.05) is 18.2 Å². The Labute approximate surface area is 118 Å². The highest BCUT2D eigenvalue weighted by molar-refractivity contribution is 5.41. The predicted molar refractivity (Wildman–Crippen MR) is 77.5 cm³/mol. The average molecular weight is 273 g/mol. The van der Waals surface area contributed by atoms with E-state index in [0.717, 1.165) is 23.4 Å². The smallest absolute Gasteiger partial charge is 0.123 e. The zero-order valence-electron chi connectivity index (χ0n) is 11.7. The van der Waals surface area contributed by atoms with Crippen LogP contribution in [0.5, 0.6) is 0 Å². The molecular formula is C16H20FN3. The summed E-state index contributed by atoms with van der Waals surface area (Å²) in [6, 6.07) is 6.95. The zero-order valence-corrected chi connectivity index (χ0v) is 11.7. The van der Waals surface area contributed by atoms with Gasteiger partial charge in [-0.15, -0.1) is 0 Å². The van der Waals surface area contributed by atoms with Crippen molar-refractivity contribution in [1.29, 1.82) is 0 Å². The van der Waals surface area contributed by atoms with Crippen molar-refractivity contribution in [2.24, 2.45) is 5.73 Å². The van der Waals surface area contributed by atoms with Crippen LogP contribution in [0.1, 0.15) is 43.4 Å².